The number of hydrogen-bond acceptors (Lipinski definition) is 3. The molecule has 2 fully saturated rings. The predicted octanol–water partition coefficient (Wildman–Crippen LogP) is 3.15. The zero-order valence-corrected chi connectivity index (χ0v) is 16.5. The molecule has 1 spiro atoms. The fraction of sp³-hybridized carbons (Fsp3) is 0.545. The SMILES string of the molecule is CCN1CC(c2ccccc2)CC2(CCN(C(=O)c3ccnn3C)CC2)C1. The third-order valence-electron chi connectivity index (χ3n) is 6.59. The Balaban J connectivity index is 1.47. The lowest BCUT2D eigenvalue weighted by Gasteiger charge is -2.50. The second-order valence-electron chi connectivity index (χ2n) is 8.27. The summed E-state index contributed by atoms with van der Waals surface area (Å²) in [6, 6.07) is 12.8. The van der Waals surface area contributed by atoms with Crippen molar-refractivity contribution in [3.63, 3.8) is 0 Å². The lowest BCUT2D eigenvalue weighted by molar-refractivity contribution is 0.0154. The van der Waals surface area contributed by atoms with E-state index in [-0.39, 0.29) is 5.91 Å². The van der Waals surface area contributed by atoms with Crippen LogP contribution < -0.4 is 0 Å². The number of rotatable bonds is 3. The molecule has 5 nitrogen and oxygen atoms in total. The summed E-state index contributed by atoms with van der Waals surface area (Å²) in [5.74, 6) is 0.715. The summed E-state index contributed by atoms with van der Waals surface area (Å²) in [7, 11) is 1.84. The number of piperidine rings is 2. The summed E-state index contributed by atoms with van der Waals surface area (Å²) >= 11 is 0. The van der Waals surface area contributed by atoms with E-state index in [1.165, 1.54) is 18.5 Å². The van der Waals surface area contributed by atoms with E-state index in [9.17, 15) is 4.79 Å². The third-order valence-corrected chi connectivity index (χ3v) is 6.59. The Kier molecular flexibility index (Phi) is 5.04. The number of nitrogens with zero attached hydrogens (tertiary/aromatic N) is 4. The van der Waals surface area contributed by atoms with Gasteiger partial charge in [-0.2, -0.15) is 5.10 Å². The van der Waals surface area contributed by atoms with Crippen molar-refractivity contribution < 1.29 is 4.79 Å². The van der Waals surface area contributed by atoms with Crippen LogP contribution in [0.15, 0.2) is 42.6 Å². The quantitative estimate of drug-likeness (QED) is 0.838. The van der Waals surface area contributed by atoms with Crippen LogP contribution in [0.5, 0.6) is 0 Å². The summed E-state index contributed by atoms with van der Waals surface area (Å²) in [6.45, 7) is 7.39. The molecule has 0 bridgehead atoms. The number of carbonyl (C=O) groups is 1. The number of hydrogen-bond donors (Lipinski definition) is 0. The van der Waals surface area contributed by atoms with Gasteiger partial charge in [-0.1, -0.05) is 37.3 Å². The molecular weight excluding hydrogens is 336 g/mol. The molecule has 27 heavy (non-hydrogen) atoms. The van der Waals surface area contributed by atoms with E-state index in [0.29, 0.717) is 17.0 Å². The van der Waals surface area contributed by atoms with Crippen LogP contribution >= 0.6 is 0 Å². The Labute approximate surface area is 162 Å². The molecule has 0 N–H and O–H groups in total. The minimum absolute atomic E-state index is 0.118. The van der Waals surface area contributed by atoms with Crippen LogP contribution in [0.3, 0.4) is 0 Å². The molecular formula is C22H30N4O. The van der Waals surface area contributed by atoms with Crippen molar-refractivity contribution >= 4 is 5.91 Å². The Hall–Kier alpha value is -2.14. The minimum Gasteiger partial charge on any atom is -0.337 e. The number of aromatic nitrogens is 2. The first-order chi connectivity index (χ1) is 13.1. The molecule has 144 valence electrons. The van der Waals surface area contributed by atoms with Crippen LogP contribution in [-0.2, 0) is 7.05 Å². The van der Waals surface area contributed by atoms with E-state index < -0.39 is 0 Å². The maximum absolute atomic E-state index is 12.8. The van der Waals surface area contributed by atoms with E-state index in [1.54, 1.807) is 10.9 Å². The zero-order chi connectivity index (χ0) is 18.9. The summed E-state index contributed by atoms with van der Waals surface area (Å²) in [5.41, 5.74) is 2.48. The first-order valence-electron chi connectivity index (χ1n) is 10.1. The maximum Gasteiger partial charge on any atom is 0.272 e. The van der Waals surface area contributed by atoms with Crippen molar-refractivity contribution in [1.29, 1.82) is 0 Å². The topological polar surface area (TPSA) is 41.4 Å². The van der Waals surface area contributed by atoms with Crippen molar-refractivity contribution in [2.45, 2.75) is 32.1 Å². The summed E-state index contributed by atoms with van der Waals surface area (Å²) in [5, 5.41) is 4.14. The van der Waals surface area contributed by atoms with Gasteiger partial charge in [-0.25, -0.2) is 0 Å². The van der Waals surface area contributed by atoms with Crippen LogP contribution in [0.1, 0.15) is 48.2 Å². The van der Waals surface area contributed by atoms with Crippen molar-refractivity contribution in [3.05, 3.63) is 53.9 Å². The van der Waals surface area contributed by atoms with Gasteiger partial charge in [0.15, 0.2) is 0 Å². The highest BCUT2D eigenvalue weighted by Crippen LogP contribution is 2.45. The molecule has 4 rings (SSSR count). The van der Waals surface area contributed by atoms with E-state index in [4.69, 9.17) is 0 Å². The fourth-order valence-electron chi connectivity index (χ4n) is 4.98. The number of likely N-dealkylation sites (tertiary alicyclic amines) is 2. The highest BCUT2D eigenvalue weighted by molar-refractivity contribution is 5.92. The van der Waals surface area contributed by atoms with Gasteiger partial charge in [-0.3, -0.25) is 9.48 Å². The number of likely N-dealkylation sites (N-methyl/N-ethyl adjacent to an activating group) is 1. The molecule has 2 aromatic rings. The second-order valence-corrected chi connectivity index (χ2v) is 8.27. The molecule has 2 aliphatic heterocycles. The van der Waals surface area contributed by atoms with Crippen LogP contribution in [0, 0.1) is 5.41 Å². The van der Waals surface area contributed by atoms with E-state index in [2.05, 4.69) is 47.3 Å². The third kappa shape index (κ3) is 3.65. The van der Waals surface area contributed by atoms with Crippen LogP contribution in [-0.4, -0.2) is 58.2 Å². The van der Waals surface area contributed by atoms with Gasteiger partial charge >= 0.3 is 0 Å². The molecule has 1 amide bonds. The summed E-state index contributed by atoms with van der Waals surface area (Å²) in [4.78, 5) is 17.4. The van der Waals surface area contributed by atoms with Gasteiger partial charge in [-0.05, 0) is 48.8 Å². The highest BCUT2D eigenvalue weighted by atomic mass is 16.2. The number of amides is 1. The predicted molar refractivity (Wildman–Crippen MR) is 107 cm³/mol. The molecule has 3 heterocycles. The molecule has 0 radical (unpaired) electrons. The number of aryl methyl sites for hydroxylation is 1. The molecule has 0 aliphatic carbocycles. The molecule has 0 saturated carbocycles. The Morgan fingerprint density at radius 3 is 2.56 bits per heavy atom. The molecule has 1 atom stereocenters. The van der Waals surface area contributed by atoms with Gasteiger partial charge in [0.1, 0.15) is 5.69 Å². The minimum atomic E-state index is 0.118. The Bertz CT molecular complexity index is 777. The van der Waals surface area contributed by atoms with Gasteiger partial charge in [-0.15, -0.1) is 0 Å². The van der Waals surface area contributed by atoms with E-state index in [0.717, 1.165) is 39.0 Å². The van der Waals surface area contributed by atoms with Crippen molar-refractivity contribution in [2.75, 3.05) is 32.7 Å². The molecule has 1 aromatic heterocycles. The van der Waals surface area contributed by atoms with Crippen molar-refractivity contribution in [3.8, 4) is 0 Å². The zero-order valence-electron chi connectivity index (χ0n) is 16.5. The molecule has 1 aromatic carbocycles. The number of carbonyl (C=O) groups excluding carboxylic acids is 1. The van der Waals surface area contributed by atoms with Crippen LogP contribution in [0.2, 0.25) is 0 Å². The Morgan fingerprint density at radius 2 is 1.93 bits per heavy atom. The van der Waals surface area contributed by atoms with Crippen LogP contribution in [0.25, 0.3) is 0 Å². The molecule has 2 saturated heterocycles. The smallest absolute Gasteiger partial charge is 0.272 e. The van der Waals surface area contributed by atoms with E-state index in [1.807, 2.05) is 18.0 Å². The maximum atomic E-state index is 12.8. The molecule has 1 unspecified atom stereocenters. The van der Waals surface area contributed by atoms with Crippen molar-refractivity contribution in [1.82, 2.24) is 19.6 Å². The van der Waals surface area contributed by atoms with Gasteiger partial charge < -0.3 is 9.80 Å². The van der Waals surface area contributed by atoms with Gasteiger partial charge in [0.2, 0.25) is 0 Å². The van der Waals surface area contributed by atoms with Gasteiger partial charge in [0.05, 0.1) is 0 Å². The van der Waals surface area contributed by atoms with Crippen molar-refractivity contribution in [2.24, 2.45) is 12.5 Å². The monoisotopic (exact) mass is 366 g/mol. The first kappa shape index (κ1) is 18.2. The average Bonchev–Trinajstić information content (AvgIpc) is 3.14. The molecule has 2 aliphatic rings. The second kappa shape index (κ2) is 7.47. The lowest BCUT2D eigenvalue weighted by atomic mass is 9.68. The largest absolute Gasteiger partial charge is 0.337 e. The van der Waals surface area contributed by atoms with Gasteiger partial charge in [0, 0.05) is 39.4 Å². The molecule has 5 heteroatoms. The Morgan fingerprint density at radius 1 is 1.19 bits per heavy atom. The van der Waals surface area contributed by atoms with E-state index >= 15 is 0 Å². The first-order valence-corrected chi connectivity index (χ1v) is 10.1. The summed E-state index contributed by atoms with van der Waals surface area (Å²) in [6.07, 6.45) is 5.12. The average molecular weight is 367 g/mol. The van der Waals surface area contributed by atoms with Crippen LogP contribution in [0.4, 0.5) is 0 Å². The fourth-order valence-corrected chi connectivity index (χ4v) is 4.98. The lowest BCUT2D eigenvalue weighted by Crippen LogP contribution is -2.52. The normalized spacial score (nSPS) is 22.9. The highest BCUT2D eigenvalue weighted by Gasteiger charge is 2.42. The number of benzene rings is 1. The van der Waals surface area contributed by atoms with Gasteiger partial charge in [0.25, 0.3) is 5.91 Å². The standard InChI is InChI=1S/C22H30N4O/c1-3-25-16-19(18-7-5-4-6-8-18)15-22(17-25)10-13-26(14-11-22)21(27)20-9-12-23-24(20)2/h4-9,12,19H,3,10-11,13-17H2,1-2H3. The summed E-state index contributed by atoms with van der Waals surface area (Å²) < 4.78 is 1.68.